The molecule has 0 atom stereocenters. The van der Waals surface area contributed by atoms with Gasteiger partial charge in [-0.1, -0.05) is 24.3 Å². The van der Waals surface area contributed by atoms with E-state index in [1.807, 2.05) is 6.07 Å². The maximum Gasteiger partial charge on any atom is 0.337 e. The number of hydrogen-bond acceptors (Lipinski definition) is 4. The van der Waals surface area contributed by atoms with Crippen molar-refractivity contribution >= 4 is 11.8 Å². The van der Waals surface area contributed by atoms with Crippen LogP contribution in [0.15, 0.2) is 48.5 Å². The second kappa shape index (κ2) is 5.81. The highest BCUT2D eigenvalue weighted by molar-refractivity contribution is 6.10. The molecule has 0 saturated carbocycles. The summed E-state index contributed by atoms with van der Waals surface area (Å²) in [6, 6.07) is 14.7. The third-order valence-corrected chi connectivity index (χ3v) is 2.80. The average molecular weight is 265 g/mol. The van der Waals surface area contributed by atoms with Gasteiger partial charge in [0, 0.05) is 11.1 Å². The van der Waals surface area contributed by atoms with Gasteiger partial charge in [0.05, 0.1) is 24.3 Å². The molecule has 2 aromatic rings. The summed E-state index contributed by atoms with van der Waals surface area (Å²) in [5, 5.41) is 8.84. The van der Waals surface area contributed by atoms with Crippen molar-refractivity contribution in [2.75, 3.05) is 7.11 Å². The molecule has 0 saturated heterocycles. The highest BCUT2D eigenvalue weighted by Gasteiger charge is 2.12. The van der Waals surface area contributed by atoms with Crippen LogP contribution in [0, 0.1) is 11.3 Å². The molecule has 0 aliphatic carbocycles. The van der Waals surface area contributed by atoms with Gasteiger partial charge < -0.3 is 4.74 Å². The van der Waals surface area contributed by atoms with E-state index in [2.05, 4.69) is 4.74 Å². The molecule has 0 aromatic heterocycles. The summed E-state index contributed by atoms with van der Waals surface area (Å²) in [5.74, 6) is -0.738. The molecule has 4 nitrogen and oxygen atoms in total. The maximum absolute atomic E-state index is 12.3. The van der Waals surface area contributed by atoms with Gasteiger partial charge in [-0.25, -0.2) is 4.79 Å². The largest absolute Gasteiger partial charge is 0.465 e. The monoisotopic (exact) mass is 265 g/mol. The van der Waals surface area contributed by atoms with E-state index in [9.17, 15) is 9.59 Å². The Morgan fingerprint density at radius 2 is 1.60 bits per heavy atom. The first-order chi connectivity index (χ1) is 9.65. The van der Waals surface area contributed by atoms with Crippen LogP contribution in [0.4, 0.5) is 0 Å². The van der Waals surface area contributed by atoms with E-state index >= 15 is 0 Å². The molecule has 0 aliphatic heterocycles. The molecule has 0 bridgehead atoms. The van der Waals surface area contributed by atoms with Crippen LogP contribution in [0.5, 0.6) is 0 Å². The number of benzene rings is 2. The number of carbonyl (C=O) groups excluding carboxylic acids is 2. The topological polar surface area (TPSA) is 67.2 Å². The van der Waals surface area contributed by atoms with E-state index in [4.69, 9.17) is 5.26 Å². The lowest BCUT2D eigenvalue weighted by Crippen LogP contribution is -2.06. The number of ketones is 1. The van der Waals surface area contributed by atoms with Gasteiger partial charge in [-0.3, -0.25) is 4.79 Å². The van der Waals surface area contributed by atoms with E-state index in [1.54, 1.807) is 36.4 Å². The Morgan fingerprint density at radius 3 is 2.25 bits per heavy atom. The van der Waals surface area contributed by atoms with Crippen molar-refractivity contribution in [2.24, 2.45) is 0 Å². The predicted octanol–water partition coefficient (Wildman–Crippen LogP) is 2.58. The van der Waals surface area contributed by atoms with E-state index in [0.717, 1.165) is 0 Å². The Kier molecular flexibility index (Phi) is 3.92. The Labute approximate surface area is 116 Å². The second-order valence-corrected chi connectivity index (χ2v) is 4.09. The lowest BCUT2D eigenvalue weighted by atomic mass is 10.00. The van der Waals surface area contributed by atoms with E-state index < -0.39 is 5.97 Å². The van der Waals surface area contributed by atoms with E-state index in [0.29, 0.717) is 22.3 Å². The number of rotatable bonds is 3. The molecule has 0 unspecified atom stereocenters. The number of methoxy groups -OCH3 is 1. The molecule has 0 N–H and O–H groups in total. The summed E-state index contributed by atoms with van der Waals surface area (Å²) >= 11 is 0. The van der Waals surface area contributed by atoms with Crippen LogP contribution in [-0.4, -0.2) is 18.9 Å². The summed E-state index contributed by atoms with van der Waals surface area (Å²) in [6.07, 6.45) is 0. The molecule has 2 aromatic carbocycles. The summed E-state index contributed by atoms with van der Waals surface area (Å²) in [4.78, 5) is 23.8. The molecule has 98 valence electrons. The van der Waals surface area contributed by atoms with Gasteiger partial charge in [-0.2, -0.15) is 5.26 Å². The Hall–Kier alpha value is -2.93. The first-order valence-electron chi connectivity index (χ1n) is 5.89. The molecule has 0 heterocycles. The average Bonchev–Trinajstić information content (AvgIpc) is 2.53. The highest BCUT2D eigenvalue weighted by Crippen LogP contribution is 2.13. The van der Waals surface area contributed by atoms with Crippen LogP contribution in [0.3, 0.4) is 0 Å². The van der Waals surface area contributed by atoms with Gasteiger partial charge in [0.25, 0.3) is 0 Å². The fourth-order valence-electron chi connectivity index (χ4n) is 1.80. The molecule has 0 spiro atoms. The van der Waals surface area contributed by atoms with Crippen molar-refractivity contribution in [3.05, 3.63) is 70.8 Å². The van der Waals surface area contributed by atoms with Gasteiger partial charge in [-0.15, -0.1) is 0 Å². The minimum absolute atomic E-state index is 0.243. The standard InChI is InChI=1S/C16H11NO3/c1-20-16(19)14-7-3-6-13(9-14)15(18)12-5-2-4-11(8-12)10-17/h2-9H,1H3. The lowest BCUT2D eigenvalue weighted by Gasteiger charge is -2.04. The van der Waals surface area contributed by atoms with Gasteiger partial charge in [-0.05, 0) is 24.3 Å². The Balaban J connectivity index is 2.38. The van der Waals surface area contributed by atoms with Crippen molar-refractivity contribution in [3.8, 4) is 6.07 Å². The van der Waals surface area contributed by atoms with Crippen molar-refractivity contribution in [1.82, 2.24) is 0 Å². The Bertz CT molecular complexity index is 714. The number of nitrogens with zero attached hydrogens (tertiary/aromatic N) is 1. The van der Waals surface area contributed by atoms with Crippen LogP contribution in [-0.2, 0) is 4.74 Å². The quantitative estimate of drug-likeness (QED) is 0.632. The first kappa shape index (κ1) is 13.5. The second-order valence-electron chi connectivity index (χ2n) is 4.09. The fourth-order valence-corrected chi connectivity index (χ4v) is 1.80. The number of nitriles is 1. The van der Waals surface area contributed by atoms with Crippen LogP contribution in [0.1, 0.15) is 31.8 Å². The summed E-state index contributed by atoms with van der Waals surface area (Å²) in [7, 11) is 1.28. The first-order valence-corrected chi connectivity index (χ1v) is 5.89. The molecule has 2 rings (SSSR count). The van der Waals surface area contributed by atoms with Crippen LogP contribution < -0.4 is 0 Å². The van der Waals surface area contributed by atoms with Crippen molar-refractivity contribution in [1.29, 1.82) is 5.26 Å². The lowest BCUT2D eigenvalue weighted by molar-refractivity contribution is 0.0600. The van der Waals surface area contributed by atoms with Crippen molar-refractivity contribution in [2.45, 2.75) is 0 Å². The summed E-state index contributed by atoms with van der Waals surface area (Å²) < 4.78 is 4.62. The minimum atomic E-state index is -0.495. The van der Waals surface area contributed by atoms with E-state index in [-0.39, 0.29) is 5.78 Å². The fraction of sp³-hybridized carbons (Fsp3) is 0.0625. The normalized spacial score (nSPS) is 9.60. The molecule has 20 heavy (non-hydrogen) atoms. The molecule has 0 radical (unpaired) electrons. The van der Waals surface area contributed by atoms with Crippen LogP contribution in [0.2, 0.25) is 0 Å². The third kappa shape index (κ3) is 2.73. The number of esters is 1. The third-order valence-electron chi connectivity index (χ3n) is 2.80. The van der Waals surface area contributed by atoms with Gasteiger partial charge in [0.15, 0.2) is 5.78 Å². The molecular weight excluding hydrogens is 254 g/mol. The van der Waals surface area contributed by atoms with Crippen LogP contribution >= 0.6 is 0 Å². The van der Waals surface area contributed by atoms with Gasteiger partial charge >= 0.3 is 5.97 Å². The zero-order valence-corrected chi connectivity index (χ0v) is 10.8. The number of carbonyl (C=O) groups is 2. The smallest absolute Gasteiger partial charge is 0.337 e. The summed E-state index contributed by atoms with van der Waals surface area (Å²) in [5.41, 5.74) is 1.52. The van der Waals surface area contributed by atoms with Crippen LogP contribution in [0.25, 0.3) is 0 Å². The zero-order chi connectivity index (χ0) is 14.5. The SMILES string of the molecule is COC(=O)c1cccc(C(=O)c2cccc(C#N)c2)c1. The molecular formula is C16H11NO3. The highest BCUT2D eigenvalue weighted by atomic mass is 16.5. The molecule has 4 heteroatoms. The molecule has 0 aliphatic rings. The summed E-state index contributed by atoms with van der Waals surface area (Å²) in [6.45, 7) is 0. The minimum Gasteiger partial charge on any atom is -0.465 e. The van der Waals surface area contributed by atoms with Gasteiger partial charge in [0.1, 0.15) is 0 Å². The molecule has 0 fully saturated rings. The van der Waals surface area contributed by atoms with Crippen molar-refractivity contribution < 1.29 is 14.3 Å². The molecule has 0 amide bonds. The zero-order valence-electron chi connectivity index (χ0n) is 10.8. The van der Waals surface area contributed by atoms with Gasteiger partial charge in [0.2, 0.25) is 0 Å². The van der Waals surface area contributed by atoms with Crippen molar-refractivity contribution in [3.63, 3.8) is 0 Å². The number of hydrogen-bond donors (Lipinski definition) is 0. The van der Waals surface area contributed by atoms with E-state index in [1.165, 1.54) is 19.2 Å². The predicted molar refractivity (Wildman–Crippen MR) is 72.4 cm³/mol. The Morgan fingerprint density at radius 1 is 1.00 bits per heavy atom. The maximum atomic E-state index is 12.3. The number of ether oxygens (including phenoxy) is 1.